The summed E-state index contributed by atoms with van der Waals surface area (Å²) in [4.78, 5) is 77.9. The van der Waals surface area contributed by atoms with Gasteiger partial charge < -0.3 is 115 Å². The highest BCUT2D eigenvalue weighted by Crippen LogP contribution is 2.31. The van der Waals surface area contributed by atoms with Gasteiger partial charge in [-0.2, -0.15) is 0 Å². The molecular formula is C55H95N3O27. The van der Waals surface area contributed by atoms with Crippen LogP contribution in [-0.4, -0.2) is 295 Å². The Labute approximate surface area is 493 Å². The molecule has 0 aromatic carbocycles. The van der Waals surface area contributed by atoms with Crippen molar-refractivity contribution >= 4 is 34.9 Å². The summed E-state index contributed by atoms with van der Waals surface area (Å²) >= 11 is 0. The first-order valence-corrected chi connectivity index (χ1v) is 29.7. The average Bonchev–Trinajstić information content (AvgIpc) is 2.09. The van der Waals surface area contributed by atoms with Gasteiger partial charge in [-0.1, -0.05) is 32.6 Å². The Kier molecular flexibility index (Phi) is 34.0. The molecule has 4 aliphatic rings. The number of amides is 2. The second kappa shape index (κ2) is 39.0. The Hall–Kier alpha value is -3.26. The summed E-state index contributed by atoms with van der Waals surface area (Å²) in [6.45, 7) is 0.594. The Morgan fingerprint density at radius 2 is 0.812 bits per heavy atom. The number of unbranched alkanes of at least 4 members (excludes halogenated alkanes) is 6. The molecule has 30 heteroatoms. The fourth-order valence-corrected chi connectivity index (χ4v) is 10.1. The van der Waals surface area contributed by atoms with Gasteiger partial charge >= 0.3 is 0 Å². The van der Waals surface area contributed by atoms with Crippen LogP contribution >= 0.6 is 0 Å². The Morgan fingerprint density at radius 1 is 0.412 bits per heavy atom. The van der Waals surface area contributed by atoms with Crippen LogP contribution in [0.2, 0.25) is 0 Å². The number of rotatable bonds is 41. The molecule has 4 heterocycles. The predicted molar refractivity (Wildman–Crippen MR) is 290 cm³/mol. The average molecular weight is 1230 g/mol. The van der Waals surface area contributed by atoms with Gasteiger partial charge in [-0.15, -0.1) is 0 Å². The standard InChI is InChI=1S/C55H95N3O27/c1-3-13-31(61)16-12-17-34(64)26-58(24-32(62)14-8-4-6-10-18-38(65)56-20-22-78-52-47(74)44(71)40(67)30(2)81-52)25-33(63)15-9-5-7-11-19-39(66)57-21-23-79-54-50(77)51(85-55-49(76)46(73)42(69)36(28-60)83-55)43(70)37(84-54)29-80-53-48(75)45(72)41(68)35(27-59)82-53/h30,35-37,40-55,59-60,67-77H,3-29H2,1-2H3,(H,56,65)(H,57,66)/t30-,35+,36+,37+,40+,41+,42+,43+,44+,45-,46-,47-,48-,49-,50-,51-,52+,53-,54-,55+/m0/s1. The normalized spacial score (nSPS) is 33.4. The number of ether oxygens (including phenoxy) is 8. The first-order valence-electron chi connectivity index (χ1n) is 29.7. The van der Waals surface area contributed by atoms with Crippen molar-refractivity contribution in [2.24, 2.45) is 0 Å². The second-order valence-electron chi connectivity index (χ2n) is 22.2. The minimum atomic E-state index is -1.94. The van der Waals surface area contributed by atoms with Crippen molar-refractivity contribution in [2.75, 3.05) is 65.8 Å². The van der Waals surface area contributed by atoms with Crippen LogP contribution in [0.4, 0.5) is 0 Å². The quantitative estimate of drug-likeness (QED) is 0.0254. The maximum absolute atomic E-state index is 13.2. The van der Waals surface area contributed by atoms with Crippen LogP contribution in [-0.2, 0) is 66.7 Å². The highest BCUT2D eigenvalue weighted by molar-refractivity contribution is 5.86. The molecule has 2 amide bonds. The molecule has 4 rings (SSSR count). The Bertz CT molecular complexity index is 1990. The molecule has 0 unspecified atom stereocenters. The summed E-state index contributed by atoms with van der Waals surface area (Å²) in [6, 6.07) is 0. The third kappa shape index (κ3) is 24.6. The molecular weight excluding hydrogens is 1130 g/mol. The van der Waals surface area contributed by atoms with Crippen LogP contribution in [0, 0.1) is 0 Å². The van der Waals surface area contributed by atoms with Crippen LogP contribution in [0.3, 0.4) is 0 Å². The number of Topliss-reactive ketones (excluding diaryl/α,β-unsaturated/α-hetero) is 4. The van der Waals surface area contributed by atoms with Crippen LogP contribution in [0.25, 0.3) is 0 Å². The van der Waals surface area contributed by atoms with Gasteiger partial charge in [0.25, 0.3) is 0 Å². The van der Waals surface area contributed by atoms with Crippen molar-refractivity contribution in [1.82, 2.24) is 15.5 Å². The van der Waals surface area contributed by atoms with E-state index in [-0.39, 0.29) is 119 Å². The SMILES string of the molecule is CCCC(=O)CCCC(=O)CN(CC(=O)CCCCCCC(=O)NCCO[C@@H]1O[C@@H](C)[C@@H](O)[C@@H](O)[C@@H]1O)CC(=O)CCCCCCC(=O)NCCO[C@H]1O[C@H](CO[C@H]2O[C@H](CO)[C@@H](O)[C@H](O)[C@@H]2O)[C@@H](O)[C@H](O[C@H]2O[C@H](CO)[C@@H](O)[C@H](O)[C@@H]2O)[C@@H]1O. The molecule has 0 aromatic heterocycles. The van der Waals surface area contributed by atoms with E-state index >= 15 is 0 Å². The number of nitrogens with zero attached hydrogens (tertiary/aromatic N) is 1. The number of nitrogens with one attached hydrogen (secondary N) is 2. The van der Waals surface area contributed by atoms with E-state index in [4.69, 9.17) is 37.9 Å². The molecule has 0 saturated carbocycles. The zero-order chi connectivity index (χ0) is 62.8. The maximum atomic E-state index is 13.2. The molecule has 4 saturated heterocycles. The summed E-state index contributed by atoms with van der Waals surface area (Å²) in [7, 11) is 0. The molecule has 492 valence electrons. The van der Waals surface area contributed by atoms with Crippen molar-refractivity contribution in [3.8, 4) is 0 Å². The zero-order valence-corrected chi connectivity index (χ0v) is 48.6. The number of hydrogen-bond acceptors (Lipinski definition) is 28. The van der Waals surface area contributed by atoms with Gasteiger partial charge in [-0.3, -0.25) is 33.7 Å². The molecule has 85 heavy (non-hydrogen) atoms. The van der Waals surface area contributed by atoms with Crippen molar-refractivity contribution < 1.29 is 133 Å². The lowest BCUT2D eigenvalue weighted by Gasteiger charge is -2.46. The van der Waals surface area contributed by atoms with Gasteiger partial charge in [0.15, 0.2) is 25.2 Å². The van der Waals surface area contributed by atoms with Gasteiger partial charge in [-0.25, -0.2) is 0 Å². The van der Waals surface area contributed by atoms with E-state index in [1.165, 1.54) is 11.8 Å². The van der Waals surface area contributed by atoms with Crippen molar-refractivity contribution in [3.63, 3.8) is 0 Å². The van der Waals surface area contributed by atoms with E-state index in [1.54, 1.807) is 0 Å². The fourth-order valence-electron chi connectivity index (χ4n) is 10.1. The van der Waals surface area contributed by atoms with Crippen LogP contribution < -0.4 is 10.6 Å². The van der Waals surface area contributed by atoms with E-state index in [1.807, 2.05) is 6.92 Å². The van der Waals surface area contributed by atoms with E-state index in [0.717, 1.165) is 0 Å². The third-order valence-corrected chi connectivity index (χ3v) is 15.1. The van der Waals surface area contributed by atoms with Crippen LogP contribution in [0.5, 0.6) is 0 Å². The summed E-state index contributed by atoms with van der Waals surface area (Å²) in [5, 5.41) is 139. The number of carbonyl (C=O) groups is 6. The first-order chi connectivity index (χ1) is 40.5. The molecule has 4 aliphatic heterocycles. The summed E-state index contributed by atoms with van der Waals surface area (Å²) in [6.07, 6.45) is -24.5. The van der Waals surface area contributed by atoms with Gasteiger partial charge in [0, 0.05) is 58.0 Å². The summed E-state index contributed by atoms with van der Waals surface area (Å²) in [5.41, 5.74) is 0. The maximum Gasteiger partial charge on any atom is 0.220 e. The minimum absolute atomic E-state index is 0.00382. The highest BCUT2D eigenvalue weighted by Gasteiger charge is 2.52. The minimum Gasteiger partial charge on any atom is -0.394 e. The fraction of sp³-hybridized carbons (Fsp3) is 0.891. The van der Waals surface area contributed by atoms with Crippen molar-refractivity contribution in [3.05, 3.63) is 0 Å². The predicted octanol–water partition coefficient (Wildman–Crippen LogP) is -5.24. The molecule has 0 aromatic rings. The number of hydrogen-bond donors (Lipinski definition) is 15. The molecule has 4 fully saturated rings. The van der Waals surface area contributed by atoms with E-state index in [0.29, 0.717) is 70.6 Å². The Morgan fingerprint density at radius 3 is 1.29 bits per heavy atom. The topological polar surface area (TPSA) is 467 Å². The van der Waals surface area contributed by atoms with Gasteiger partial charge in [0.1, 0.15) is 115 Å². The number of carbonyl (C=O) groups excluding carboxylic acids is 6. The lowest BCUT2D eigenvalue weighted by Crippen LogP contribution is -2.65. The largest absolute Gasteiger partial charge is 0.394 e. The molecule has 0 aliphatic carbocycles. The lowest BCUT2D eigenvalue weighted by molar-refractivity contribution is -0.366. The summed E-state index contributed by atoms with van der Waals surface area (Å²) in [5.74, 6) is -1.01. The van der Waals surface area contributed by atoms with Crippen LogP contribution in [0.15, 0.2) is 0 Å². The second-order valence-corrected chi connectivity index (χ2v) is 22.2. The van der Waals surface area contributed by atoms with Crippen LogP contribution in [0.1, 0.15) is 123 Å². The zero-order valence-electron chi connectivity index (χ0n) is 48.6. The number of aliphatic hydroxyl groups excluding tert-OH is 13. The first kappa shape index (κ1) is 74.2. The molecule has 15 N–H and O–H groups in total. The van der Waals surface area contributed by atoms with Gasteiger partial charge in [0.2, 0.25) is 11.8 Å². The van der Waals surface area contributed by atoms with E-state index in [2.05, 4.69) is 10.6 Å². The van der Waals surface area contributed by atoms with Crippen molar-refractivity contribution in [1.29, 1.82) is 0 Å². The molecule has 0 spiro atoms. The van der Waals surface area contributed by atoms with Gasteiger partial charge in [-0.05, 0) is 45.4 Å². The number of ketones is 4. The highest BCUT2D eigenvalue weighted by atomic mass is 16.8. The third-order valence-electron chi connectivity index (χ3n) is 15.1. The molecule has 0 radical (unpaired) electrons. The van der Waals surface area contributed by atoms with Crippen molar-refractivity contribution in [2.45, 2.75) is 246 Å². The van der Waals surface area contributed by atoms with Gasteiger partial charge in [0.05, 0.1) is 58.8 Å². The number of aliphatic hydroxyl groups is 13. The summed E-state index contributed by atoms with van der Waals surface area (Å²) < 4.78 is 44.3. The Balaban J connectivity index is 1.16. The van der Waals surface area contributed by atoms with E-state index in [9.17, 15) is 95.2 Å². The molecule has 20 atom stereocenters. The lowest BCUT2D eigenvalue weighted by atomic mass is 9.96. The smallest absolute Gasteiger partial charge is 0.220 e. The molecule has 0 bridgehead atoms. The monoisotopic (exact) mass is 1230 g/mol. The van der Waals surface area contributed by atoms with E-state index < -0.39 is 143 Å². The molecule has 30 nitrogen and oxygen atoms in total.